The third kappa shape index (κ3) is 4.82. The van der Waals surface area contributed by atoms with Crippen molar-refractivity contribution in [3.63, 3.8) is 0 Å². The summed E-state index contributed by atoms with van der Waals surface area (Å²) in [6.07, 6.45) is 3.78. The zero-order valence-corrected chi connectivity index (χ0v) is 18.7. The Hall–Kier alpha value is -1.89. The van der Waals surface area contributed by atoms with Gasteiger partial charge in [0.1, 0.15) is 0 Å². The van der Waals surface area contributed by atoms with E-state index < -0.39 is 15.9 Å². The van der Waals surface area contributed by atoms with Gasteiger partial charge < -0.3 is 5.32 Å². The van der Waals surface area contributed by atoms with Gasteiger partial charge in [-0.3, -0.25) is 4.79 Å². The Morgan fingerprint density at radius 1 is 0.966 bits per heavy atom. The van der Waals surface area contributed by atoms with E-state index in [4.69, 9.17) is 11.6 Å². The number of rotatable bonds is 4. The molecule has 1 aliphatic rings. The predicted octanol–water partition coefficient (Wildman–Crippen LogP) is 5.08. The van der Waals surface area contributed by atoms with Gasteiger partial charge in [-0.2, -0.15) is 4.31 Å². The van der Waals surface area contributed by atoms with E-state index in [2.05, 4.69) is 5.32 Å². The Kier molecular flexibility index (Phi) is 6.66. The normalized spacial score (nSPS) is 15.7. The van der Waals surface area contributed by atoms with Crippen molar-refractivity contribution in [3.05, 3.63) is 57.6 Å². The minimum atomic E-state index is -3.66. The Morgan fingerprint density at radius 3 is 2.14 bits per heavy atom. The summed E-state index contributed by atoms with van der Waals surface area (Å²) in [5, 5.41) is 3.12. The molecule has 29 heavy (non-hydrogen) atoms. The maximum Gasteiger partial charge on any atom is 0.257 e. The topological polar surface area (TPSA) is 66.5 Å². The monoisotopic (exact) mass is 434 g/mol. The molecule has 2 aromatic rings. The summed E-state index contributed by atoms with van der Waals surface area (Å²) in [4.78, 5) is 13.0. The van der Waals surface area contributed by atoms with E-state index >= 15 is 0 Å². The number of benzene rings is 2. The lowest BCUT2D eigenvalue weighted by atomic mass is 10.0. The molecular formula is C22H27ClN2O3S. The van der Waals surface area contributed by atoms with Gasteiger partial charge >= 0.3 is 0 Å². The fourth-order valence-corrected chi connectivity index (χ4v) is 5.58. The fraction of sp³-hybridized carbons (Fsp3) is 0.409. The first-order valence-electron chi connectivity index (χ1n) is 9.89. The van der Waals surface area contributed by atoms with Gasteiger partial charge in [0.15, 0.2) is 0 Å². The van der Waals surface area contributed by atoms with E-state index in [0.717, 1.165) is 48.1 Å². The van der Waals surface area contributed by atoms with Crippen LogP contribution in [0.15, 0.2) is 35.2 Å². The van der Waals surface area contributed by atoms with Gasteiger partial charge in [0, 0.05) is 18.8 Å². The van der Waals surface area contributed by atoms with E-state index in [1.807, 2.05) is 32.9 Å². The second kappa shape index (κ2) is 8.86. The number of nitrogens with one attached hydrogen (secondary N) is 1. The molecule has 2 aromatic carbocycles. The number of halogens is 1. The molecule has 0 atom stereocenters. The molecule has 0 aliphatic carbocycles. The minimum Gasteiger partial charge on any atom is -0.321 e. The van der Waals surface area contributed by atoms with Gasteiger partial charge in [0.05, 0.1) is 15.5 Å². The molecule has 1 amide bonds. The average Bonchev–Trinajstić information content (AvgIpc) is 2.94. The Morgan fingerprint density at radius 2 is 1.55 bits per heavy atom. The zero-order chi connectivity index (χ0) is 21.2. The largest absolute Gasteiger partial charge is 0.321 e. The van der Waals surface area contributed by atoms with Gasteiger partial charge in [-0.25, -0.2) is 8.42 Å². The minimum absolute atomic E-state index is 0.103. The molecule has 0 bridgehead atoms. The van der Waals surface area contributed by atoms with Crippen LogP contribution < -0.4 is 5.32 Å². The van der Waals surface area contributed by atoms with Gasteiger partial charge in [0.25, 0.3) is 5.91 Å². The molecule has 156 valence electrons. The average molecular weight is 435 g/mol. The molecule has 1 fully saturated rings. The number of sulfonamides is 1. The molecule has 1 saturated heterocycles. The lowest BCUT2D eigenvalue weighted by molar-refractivity contribution is 0.102. The Bertz CT molecular complexity index is 1000. The van der Waals surface area contributed by atoms with Crippen LogP contribution in [-0.2, 0) is 10.0 Å². The van der Waals surface area contributed by atoms with E-state index in [9.17, 15) is 13.2 Å². The highest BCUT2D eigenvalue weighted by atomic mass is 35.5. The first-order chi connectivity index (χ1) is 13.7. The molecule has 0 aromatic heterocycles. The Balaban J connectivity index is 1.92. The van der Waals surface area contributed by atoms with Crippen molar-refractivity contribution in [3.8, 4) is 0 Å². The van der Waals surface area contributed by atoms with Gasteiger partial charge in [-0.1, -0.05) is 42.1 Å². The molecule has 1 aliphatic heterocycles. The van der Waals surface area contributed by atoms with Crippen molar-refractivity contribution in [2.75, 3.05) is 18.4 Å². The lowest BCUT2D eigenvalue weighted by Crippen LogP contribution is -2.32. The number of hydrogen-bond acceptors (Lipinski definition) is 3. The molecule has 0 unspecified atom stereocenters. The van der Waals surface area contributed by atoms with Crippen LogP contribution in [0, 0.1) is 20.8 Å². The summed E-state index contributed by atoms with van der Waals surface area (Å²) < 4.78 is 27.7. The summed E-state index contributed by atoms with van der Waals surface area (Å²) in [6.45, 7) is 6.87. The smallest absolute Gasteiger partial charge is 0.257 e. The number of carbonyl (C=O) groups excluding carboxylic acids is 1. The van der Waals surface area contributed by atoms with Crippen molar-refractivity contribution in [1.82, 2.24) is 4.31 Å². The summed E-state index contributed by atoms with van der Waals surface area (Å²) in [7, 11) is -3.66. The van der Waals surface area contributed by atoms with Crippen LogP contribution in [0.1, 0.15) is 52.7 Å². The van der Waals surface area contributed by atoms with Crippen LogP contribution in [0.3, 0.4) is 0 Å². The van der Waals surface area contributed by atoms with Crippen LogP contribution in [0.2, 0.25) is 5.02 Å². The van der Waals surface area contributed by atoms with Crippen molar-refractivity contribution in [1.29, 1.82) is 0 Å². The molecule has 7 heteroatoms. The lowest BCUT2D eigenvalue weighted by Gasteiger charge is -2.20. The molecular weight excluding hydrogens is 408 g/mol. The summed E-state index contributed by atoms with van der Waals surface area (Å²) in [6, 6.07) is 8.32. The molecule has 0 spiro atoms. The van der Waals surface area contributed by atoms with Crippen LogP contribution >= 0.6 is 11.6 Å². The SMILES string of the molecule is Cc1cc(C)c(NC(=O)c2cc(S(=O)(=O)N3CCCCCC3)ccc2Cl)c(C)c1. The van der Waals surface area contributed by atoms with Gasteiger partial charge in [-0.05, 0) is 62.9 Å². The number of aryl methyl sites for hydroxylation is 3. The highest BCUT2D eigenvalue weighted by Crippen LogP contribution is 2.27. The highest BCUT2D eigenvalue weighted by Gasteiger charge is 2.27. The molecule has 5 nitrogen and oxygen atoms in total. The molecule has 1 N–H and O–H groups in total. The van der Waals surface area contributed by atoms with E-state index in [1.54, 1.807) is 0 Å². The van der Waals surface area contributed by atoms with Crippen LogP contribution in [-0.4, -0.2) is 31.7 Å². The number of anilines is 1. The first kappa shape index (κ1) is 21.8. The molecule has 1 heterocycles. The maximum atomic E-state index is 13.1. The highest BCUT2D eigenvalue weighted by molar-refractivity contribution is 7.89. The van der Waals surface area contributed by atoms with Crippen LogP contribution in [0.5, 0.6) is 0 Å². The zero-order valence-electron chi connectivity index (χ0n) is 17.1. The molecule has 0 radical (unpaired) electrons. The molecule has 0 saturated carbocycles. The number of nitrogens with zero attached hydrogens (tertiary/aromatic N) is 1. The standard InChI is InChI=1S/C22H27ClN2O3S/c1-15-12-16(2)21(17(3)13-15)24-22(26)19-14-18(8-9-20(19)23)29(27,28)25-10-6-4-5-7-11-25/h8-9,12-14H,4-7,10-11H2,1-3H3,(H,24,26). The number of carbonyl (C=O) groups is 1. The van der Waals surface area contributed by atoms with E-state index in [1.165, 1.54) is 22.5 Å². The summed E-state index contributed by atoms with van der Waals surface area (Å²) in [5.41, 5.74) is 3.88. The maximum absolute atomic E-state index is 13.1. The first-order valence-corrected chi connectivity index (χ1v) is 11.7. The van der Waals surface area contributed by atoms with Crippen molar-refractivity contribution in [2.24, 2.45) is 0 Å². The van der Waals surface area contributed by atoms with E-state index in [-0.39, 0.29) is 15.5 Å². The summed E-state index contributed by atoms with van der Waals surface area (Å²) >= 11 is 6.25. The molecule has 3 rings (SSSR count). The van der Waals surface area contributed by atoms with Crippen LogP contribution in [0.25, 0.3) is 0 Å². The van der Waals surface area contributed by atoms with E-state index in [0.29, 0.717) is 13.1 Å². The fourth-order valence-electron chi connectivity index (χ4n) is 3.83. The van der Waals surface area contributed by atoms with Gasteiger partial charge in [-0.15, -0.1) is 0 Å². The predicted molar refractivity (Wildman–Crippen MR) is 117 cm³/mol. The quantitative estimate of drug-likeness (QED) is 0.729. The second-order valence-electron chi connectivity index (χ2n) is 7.69. The van der Waals surface area contributed by atoms with Crippen molar-refractivity contribution < 1.29 is 13.2 Å². The van der Waals surface area contributed by atoms with Crippen LogP contribution in [0.4, 0.5) is 5.69 Å². The van der Waals surface area contributed by atoms with Crippen molar-refractivity contribution >= 4 is 33.2 Å². The number of hydrogen-bond donors (Lipinski definition) is 1. The third-order valence-electron chi connectivity index (χ3n) is 5.30. The van der Waals surface area contributed by atoms with Gasteiger partial charge in [0.2, 0.25) is 10.0 Å². The summed E-state index contributed by atoms with van der Waals surface area (Å²) in [5.74, 6) is -0.419. The van der Waals surface area contributed by atoms with Crippen molar-refractivity contribution in [2.45, 2.75) is 51.3 Å². The number of amides is 1. The second-order valence-corrected chi connectivity index (χ2v) is 10.0. The third-order valence-corrected chi connectivity index (χ3v) is 7.53. The Labute approximate surface area is 178 Å².